The molecule has 0 atom stereocenters. The number of carbonyl (C=O) groups excluding carboxylic acids is 1. The second-order valence-electron chi connectivity index (χ2n) is 6.26. The summed E-state index contributed by atoms with van der Waals surface area (Å²) < 4.78 is 0. The smallest absolute Gasteiger partial charge is 0.277 e. The molecule has 0 saturated carbocycles. The summed E-state index contributed by atoms with van der Waals surface area (Å²) in [6, 6.07) is 19.9. The quantitative estimate of drug-likeness (QED) is 0.771. The monoisotopic (exact) mass is 344 g/mol. The molecule has 0 bridgehead atoms. The predicted molar refractivity (Wildman–Crippen MR) is 102 cm³/mol. The van der Waals surface area contributed by atoms with Crippen molar-refractivity contribution in [3.05, 3.63) is 83.7 Å². The fraction of sp³-hybridized carbons (Fsp3) is 0.190. The minimum Gasteiger partial charge on any atom is -0.354 e. The topological polar surface area (TPSA) is 58.1 Å². The number of carbonyl (C=O) groups is 1. The molecule has 1 N–H and O–H groups in total. The fourth-order valence-electron chi connectivity index (χ4n) is 3.21. The third kappa shape index (κ3) is 3.42. The number of amides is 1. The predicted octanol–water partition coefficient (Wildman–Crippen LogP) is 3.33. The largest absolute Gasteiger partial charge is 0.354 e. The van der Waals surface area contributed by atoms with Crippen LogP contribution in [0.15, 0.2) is 66.9 Å². The van der Waals surface area contributed by atoms with Crippen molar-refractivity contribution in [2.24, 2.45) is 0 Å². The first-order chi connectivity index (χ1) is 12.8. The van der Waals surface area contributed by atoms with E-state index < -0.39 is 0 Å². The first kappa shape index (κ1) is 16.3. The minimum atomic E-state index is -0.0801. The molecular formula is C21H20N4O. The highest BCUT2D eigenvalue weighted by Gasteiger charge is 2.26. The lowest BCUT2D eigenvalue weighted by Crippen LogP contribution is -2.29. The highest BCUT2D eigenvalue weighted by molar-refractivity contribution is 6.06. The average Bonchev–Trinajstić information content (AvgIpc) is 3.13. The van der Waals surface area contributed by atoms with Gasteiger partial charge in [0.2, 0.25) is 5.95 Å². The van der Waals surface area contributed by atoms with Crippen LogP contribution in [-0.4, -0.2) is 29.0 Å². The zero-order valence-electron chi connectivity index (χ0n) is 14.4. The second-order valence-corrected chi connectivity index (χ2v) is 6.26. The number of nitrogens with one attached hydrogen (secondary N) is 1. The van der Waals surface area contributed by atoms with Gasteiger partial charge in [0.1, 0.15) is 5.69 Å². The molecule has 1 amide bonds. The summed E-state index contributed by atoms with van der Waals surface area (Å²) in [5.74, 6) is 0.405. The zero-order chi connectivity index (χ0) is 17.8. The number of hydrogen-bond donors (Lipinski definition) is 1. The number of aromatic nitrogens is 2. The molecule has 0 aliphatic carbocycles. The number of fused-ring (bicyclic) bond motifs is 1. The molecule has 3 aromatic rings. The molecule has 0 fully saturated rings. The van der Waals surface area contributed by atoms with E-state index in [1.807, 2.05) is 36.4 Å². The van der Waals surface area contributed by atoms with Gasteiger partial charge in [-0.25, -0.2) is 9.97 Å². The van der Waals surface area contributed by atoms with Gasteiger partial charge in [0.05, 0.1) is 0 Å². The summed E-state index contributed by atoms with van der Waals surface area (Å²) >= 11 is 0. The molecule has 1 aliphatic rings. The Kier molecular flexibility index (Phi) is 4.60. The highest BCUT2D eigenvalue weighted by atomic mass is 16.2. The Morgan fingerprint density at radius 1 is 1.04 bits per heavy atom. The number of nitrogens with zero attached hydrogens (tertiary/aromatic N) is 3. The first-order valence-corrected chi connectivity index (χ1v) is 8.82. The molecule has 5 nitrogen and oxygen atoms in total. The van der Waals surface area contributed by atoms with Crippen molar-refractivity contribution >= 4 is 17.5 Å². The third-order valence-corrected chi connectivity index (χ3v) is 4.55. The van der Waals surface area contributed by atoms with E-state index in [1.165, 1.54) is 11.1 Å². The van der Waals surface area contributed by atoms with Crippen LogP contribution in [0.1, 0.15) is 21.6 Å². The average molecular weight is 344 g/mol. The van der Waals surface area contributed by atoms with E-state index in [2.05, 4.69) is 33.5 Å². The van der Waals surface area contributed by atoms with Gasteiger partial charge in [-0.1, -0.05) is 48.5 Å². The summed E-state index contributed by atoms with van der Waals surface area (Å²) in [6.07, 6.45) is 3.39. The van der Waals surface area contributed by atoms with E-state index in [0.29, 0.717) is 24.7 Å². The van der Waals surface area contributed by atoms with E-state index in [-0.39, 0.29) is 5.91 Å². The molecule has 0 radical (unpaired) electrons. The van der Waals surface area contributed by atoms with Crippen LogP contribution < -0.4 is 10.2 Å². The van der Waals surface area contributed by atoms with Crippen LogP contribution in [0, 0.1) is 0 Å². The van der Waals surface area contributed by atoms with Crippen molar-refractivity contribution in [1.82, 2.24) is 9.97 Å². The Balaban J connectivity index is 1.43. The summed E-state index contributed by atoms with van der Waals surface area (Å²) in [5.41, 5.74) is 3.85. The van der Waals surface area contributed by atoms with Crippen LogP contribution >= 0.6 is 0 Å². The van der Waals surface area contributed by atoms with E-state index in [0.717, 1.165) is 18.5 Å². The minimum absolute atomic E-state index is 0.0801. The molecule has 0 saturated heterocycles. The highest BCUT2D eigenvalue weighted by Crippen LogP contribution is 2.28. The molecule has 1 aliphatic heterocycles. The Labute approximate surface area is 152 Å². The van der Waals surface area contributed by atoms with Crippen LogP contribution in [0.2, 0.25) is 0 Å². The van der Waals surface area contributed by atoms with Gasteiger partial charge < -0.3 is 10.2 Å². The van der Waals surface area contributed by atoms with Gasteiger partial charge >= 0.3 is 0 Å². The summed E-state index contributed by atoms with van der Waals surface area (Å²) in [6.45, 7) is 1.41. The van der Waals surface area contributed by atoms with Crippen LogP contribution in [0.5, 0.6) is 0 Å². The number of hydrogen-bond acceptors (Lipinski definition) is 4. The van der Waals surface area contributed by atoms with E-state index in [9.17, 15) is 4.79 Å². The van der Waals surface area contributed by atoms with Gasteiger partial charge in [-0.15, -0.1) is 0 Å². The molecule has 2 heterocycles. The Morgan fingerprint density at radius 2 is 1.85 bits per heavy atom. The Bertz CT molecular complexity index is 911. The van der Waals surface area contributed by atoms with Crippen LogP contribution in [0.25, 0.3) is 0 Å². The van der Waals surface area contributed by atoms with Crippen molar-refractivity contribution in [2.45, 2.75) is 12.8 Å². The number of benzene rings is 2. The van der Waals surface area contributed by atoms with Gasteiger partial charge in [-0.2, -0.15) is 0 Å². The van der Waals surface area contributed by atoms with Crippen molar-refractivity contribution in [1.29, 1.82) is 0 Å². The lowest BCUT2D eigenvalue weighted by molar-refractivity contribution is 0.0984. The van der Waals surface area contributed by atoms with E-state index in [1.54, 1.807) is 17.2 Å². The summed E-state index contributed by atoms with van der Waals surface area (Å²) in [7, 11) is 0. The molecule has 1 aromatic heterocycles. The maximum atomic E-state index is 12.9. The van der Waals surface area contributed by atoms with E-state index >= 15 is 0 Å². The maximum absolute atomic E-state index is 12.9. The number of anilines is 2. The van der Waals surface area contributed by atoms with Crippen molar-refractivity contribution in [3.63, 3.8) is 0 Å². The van der Waals surface area contributed by atoms with Gasteiger partial charge in [-0.05, 0) is 36.1 Å². The first-order valence-electron chi connectivity index (χ1n) is 8.82. The molecule has 2 aromatic carbocycles. The zero-order valence-corrected chi connectivity index (χ0v) is 14.4. The SMILES string of the molecule is O=C(c1ccnc(NCCc2ccccc2)n1)N1CCc2ccccc21. The molecule has 4 rings (SSSR count). The Hall–Kier alpha value is -3.21. The summed E-state index contributed by atoms with van der Waals surface area (Å²) in [4.78, 5) is 23.3. The molecule has 5 heteroatoms. The normalized spacial score (nSPS) is 12.7. The van der Waals surface area contributed by atoms with Crippen LogP contribution in [0.4, 0.5) is 11.6 Å². The number of para-hydroxylation sites is 1. The fourth-order valence-corrected chi connectivity index (χ4v) is 3.21. The third-order valence-electron chi connectivity index (χ3n) is 4.55. The number of rotatable bonds is 5. The molecule has 0 unspecified atom stereocenters. The van der Waals surface area contributed by atoms with E-state index in [4.69, 9.17) is 0 Å². The Morgan fingerprint density at radius 3 is 2.73 bits per heavy atom. The molecule has 0 spiro atoms. The summed E-state index contributed by atoms with van der Waals surface area (Å²) in [5, 5.41) is 3.21. The second kappa shape index (κ2) is 7.35. The van der Waals surface area contributed by atoms with Gasteiger partial charge in [0, 0.05) is 25.0 Å². The van der Waals surface area contributed by atoms with Crippen molar-refractivity contribution in [3.8, 4) is 0 Å². The van der Waals surface area contributed by atoms with Gasteiger partial charge in [0.25, 0.3) is 5.91 Å². The van der Waals surface area contributed by atoms with Gasteiger partial charge in [0.15, 0.2) is 0 Å². The lowest BCUT2D eigenvalue weighted by Gasteiger charge is -2.17. The maximum Gasteiger partial charge on any atom is 0.277 e. The van der Waals surface area contributed by atoms with Crippen molar-refractivity contribution in [2.75, 3.05) is 23.3 Å². The van der Waals surface area contributed by atoms with Crippen molar-refractivity contribution < 1.29 is 4.79 Å². The molecule has 26 heavy (non-hydrogen) atoms. The van der Waals surface area contributed by atoms with Crippen LogP contribution in [0.3, 0.4) is 0 Å². The van der Waals surface area contributed by atoms with Gasteiger partial charge in [-0.3, -0.25) is 4.79 Å². The van der Waals surface area contributed by atoms with Crippen LogP contribution in [-0.2, 0) is 12.8 Å². The molecule has 130 valence electrons. The molecular weight excluding hydrogens is 324 g/mol. The standard InChI is InChI=1S/C21H20N4O/c26-20(25-15-12-17-8-4-5-9-19(17)25)18-11-14-23-21(24-18)22-13-10-16-6-2-1-3-7-16/h1-9,11,14H,10,12-13,15H2,(H,22,23,24). The lowest BCUT2D eigenvalue weighted by atomic mass is 10.1.